The van der Waals surface area contributed by atoms with Gasteiger partial charge < -0.3 is 9.64 Å². The average molecular weight is 495 g/mol. The monoisotopic (exact) mass is 494 g/mol. The van der Waals surface area contributed by atoms with E-state index in [0.29, 0.717) is 25.4 Å². The van der Waals surface area contributed by atoms with Gasteiger partial charge in [-0.05, 0) is 87.7 Å². The Labute approximate surface area is 212 Å². The zero-order valence-corrected chi connectivity index (χ0v) is 21.5. The molecule has 1 aromatic carbocycles. The van der Waals surface area contributed by atoms with E-state index in [1.54, 1.807) is 0 Å². The van der Waals surface area contributed by atoms with E-state index in [1.807, 2.05) is 23.6 Å². The number of hydrogen-bond donors (Lipinski definition) is 1. The number of amides is 3. The van der Waals surface area contributed by atoms with E-state index >= 15 is 0 Å². The fourth-order valence-corrected chi connectivity index (χ4v) is 6.64. The molecule has 5 rings (SSSR count). The standard InChI is InChI=1S/C28H38N4O4/c1-3-36-28(35)32-14-12-21(13-15-32)20-7-4-18(5-8-20)16-19-6-9-22-24(17-19)31(2)30-26(22)23-10-11-25(33)29-27(23)34/h6,9,17-18,20-21,23H,3-5,7-8,10-16H2,1-2H3,(H,29,33,34). The zero-order chi connectivity index (χ0) is 25.2. The predicted molar refractivity (Wildman–Crippen MR) is 136 cm³/mol. The lowest BCUT2D eigenvalue weighted by molar-refractivity contribution is -0.134. The second kappa shape index (κ2) is 10.6. The minimum absolute atomic E-state index is 0.158. The summed E-state index contributed by atoms with van der Waals surface area (Å²) in [5, 5.41) is 8.14. The molecule has 1 N–H and O–H groups in total. The van der Waals surface area contributed by atoms with E-state index in [4.69, 9.17) is 4.74 Å². The van der Waals surface area contributed by atoms with Gasteiger partial charge in [0.1, 0.15) is 0 Å². The van der Waals surface area contributed by atoms with Crippen LogP contribution < -0.4 is 5.32 Å². The molecule has 2 aromatic rings. The van der Waals surface area contributed by atoms with Gasteiger partial charge in [-0.1, -0.05) is 12.1 Å². The summed E-state index contributed by atoms with van der Waals surface area (Å²) in [4.78, 5) is 37.8. The molecule has 3 fully saturated rings. The predicted octanol–water partition coefficient (Wildman–Crippen LogP) is 4.31. The molecule has 2 aliphatic heterocycles. The molecular weight excluding hydrogens is 456 g/mol. The van der Waals surface area contributed by atoms with Gasteiger partial charge in [0.05, 0.1) is 23.7 Å². The van der Waals surface area contributed by atoms with Crippen LogP contribution in [0.3, 0.4) is 0 Å². The van der Waals surface area contributed by atoms with Crippen LogP contribution in [0.5, 0.6) is 0 Å². The van der Waals surface area contributed by atoms with Gasteiger partial charge in [-0.15, -0.1) is 0 Å². The maximum absolute atomic E-state index is 12.4. The van der Waals surface area contributed by atoms with Crippen LogP contribution in [-0.2, 0) is 27.8 Å². The molecule has 1 saturated carbocycles. The van der Waals surface area contributed by atoms with Crippen molar-refractivity contribution in [3.63, 3.8) is 0 Å². The first-order chi connectivity index (χ1) is 17.4. The number of aromatic nitrogens is 2. The lowest BCUT2D eigenvalue weighted by Crippen LogP contribution is -2.40. The number of benzene rings is 1. The number of likely N-dealkylation sites (tertiary alicyclic amines) is 1. The van der Waals surface area contributed by atoms with Crippen molar-refractivity contribution in [2.45, 2.75) is 70.6 Å². The van der Waals surface area contributed by atoms with Crippen molar-refractivity contribution in [2.75, 3.05) is 19.7 Å². The van der Waals surface area contributed by atoms with Crippen LogP contribution in [0.2, 0.25) is 0 Å². The third-order valence-electron chi connectivity index (χ3n) is 8.66. The molecular formula is C28H38N4O4. The molecule has 36 heavy (non-hydrogen) atoms. The van der Waals surface area contributed by atoms with Gasteiger partial charge in [-0.3, -0.25) is 19.6 Å². The highest BCUT2D eigenvalue weighted by atomic mass is 16.6. The third-order valence-corrected chi connectivity index (χ3v) is 8.66. The maximum atomic E-state index is 12.4. The lowest BCUT2D eigenvalue weighted by Gasteiger charge is -2.38. The summed E-state index contributed by atoms with van der Waals surface area (Å²) in [6, 6.07) is 6.53. The first-order valence-corrected chi connectivity index (χ1v) is 13.6. The first-order valence-electron chi connectivity index (χ1n) is 13.6. The topological polar surface area (TPSA) is 93.5 Å². The summed E-state index contributed by atoms with van der Waals surface area (Å²) < 4.78 is 7.03. The molecule has 1 atom stereocenters. The van der Waals surface area contributed by atoms with Crippen molar-refractivity contribution in [1.29, 1.82) is 0 Å². The smallest absolute Gasteiger partial charge is 0.409 e. The molecule has 194 valence electrons. The molecule has 0 bridgehead atoms. The molecule has 0 radical (unpaired) electrons. The number of piperidine rings is 2. The Balaban J connectivity index is 1.16. The highest BCUT2D eigenvalue weighted by molar-refractivity contribution is 6.02. The van der Waals surface area contributed by atoms with Gasteiger partial charge in [0, 0.05) is 31.9 Å². The van der Waals surface area contributed by atoms with Gasteiger partial charge in [0.15, 0.2) is 0 Å². The molecule has 3 amide bonds. The van der Waals surface area contributed by atoms with Crippen molar-refractivity contribution in [1.82, 2.24) is 20.0 Å². The number of carbonyl (C=O) groups is 3. The first kappa shape index (κ1) is 24.8. The Morgan fingerprint density at radius 2 is 1.78 bits per heavy atom. The molecule has 1 aromatic heterocycles. The number of hydrogen-bond acceptors (Lipinski definition) is 5. The number of ether oxygens (including phenoxy) is 1. The minimum atomic E-state index is -0.364. The lowest BCUT2D eigenvalue weighted by atomic mass is 9.71. The number of nitrogens with zero attached hydrogens (tertiary/aromatic N) is 3. The fourth-order valence-electron chi connectivity index (χ4n) is 6.64. The molecule has 1 unspecified atom stereocenters. The van der Waals surface area contributed by atoms with Crippen LogP contribution >= 0.6 is 0 Å². The van der Waals surface area contributed by atoms with Crippen LogP contribution in [0, 0.1) is 17.8 Å². The van der Waals surface area contributed by atoms with Crippen molar-refractivity contribution in [2.24, 2.45) is 24.8 Å². The number of aryl methyl sites for hydroxylation is 1. The summed E-state index contributed by atoms with van der Waals surface area (Å²) in [5.74, 6) is 1.40. The molecule has 2 saturated heterocycles. The highest BCUT2D eigenvalue weighted by Gasteiger charge is 2.33. The fraction of sp³-hybridized carbons (Fsp3) is 0.643. The summed E-state index contributed by atoms with van der Waals surface area (Å²) in [6.07, 6.45) is 9.06. The zero-order valence-electron chi connectivity index (χ0n) is 21.5. The summed E-state index contributed by atoms with van der Waals surface area (Å²) in [5.41, 5.74) is 3.15. The largest absolute Gasteiger partial charge is 0.450 e. The Morgan fingerprint density at radius 3 is 2.47 bits per heavy atom. The van der Waals surface area contributed by atoms with Crippen LogP contribution in [-0.4, -0.2) is 52.3 Å². The van der Waals surface area contributed by atoms with Crippen LogP contribution in [0.1, 0.15) is 75.5 Å². The summed E-state index contributed by atoms with van der Waals surface area (Å²) in [7, 11) is 1.93. The number of carbonyl (C=O) groups excluding carboxylic acids is 3. The second-order valence-corrected chi connectivity index (χ2v) is 10.9. The quantitative estimate of drug-likeness (QED) is 0.625. The normalized spacial score (nSPS) is 25.7. The summed E-state index contributed by atoms with van der Waals surface area (Å²) in [6.45, 7) is 3.96. The SMILES string of the molecule is CCOC(=O)N1CCC(C2CCC(Cc3ccc4c(C5CCC(=O)NC5=O)nn(C)c4c3)CC2)CC1. The van der Waals surface area contributed by atoms with Gasteiger partial charge in [0.25, 0.3) is 0 Å². The Kier molecular flexibility index (Phi) is 7.30. The number of fused-ring (bicyclic) bond motifs is 1. The van der Waals surface area contributed by atoms with Crippen molar-refractivity contribution >= 4 is 28.8 Å². The second-order valence-electron chi connectivity index (χ2n) is 10.9. The Morgan fingerprint density at radius 1 is 1.06 bits per heavy atom. The average Bonchev–Trinajstić information content (AvgIpc) is 3.20. The Bertz CT molecular complexity index is 1130. The van der Waals surface area contributed by atoms with Crippen molar-refractivity contribution in [3.05, 3.63) is 29.5 Å². The molecule has 8 heteroatoms. The van der Waals surface area contributed by atoms with E-state index in [2.05, 4.69) is 28.6 Å². The minimum Gasteiger partial charge on any atom is -0.450 e. The third kappa shape index (κ3) is 5.13. The van der Waals surface area contributed by atoms with Crippen LogP contribution in [0.4, 0.5) is 4.79 Å². The molecule has 3 heterocycles. The van der Waals surface area contributed by atoms with Gasteiger partial charge in [-0.25, -0.2) is 4.79 Å². The van der Waals surface area contributed by atoms with Crippen LogP contribution in [0.25, 0.3) is 10.9 Å². The van der Waals surface area contributed by atoms with E-state index in [0.717, 1.165) is 60.8 Å². The van der Waals surface area contributed by atoms with Gasteiger partial charge in [0.2, 0.25) is 11.8 Å². The van der Waals surface area contributed by atoms with Gasteiger partial charge in [-0.2, -0.15) is 5.10 Å². The van der Waals surface area contributed by atoms with Gasteiger partial charge >= 0.3 is 6.09 Å². The maximum Gasteiger partial charge on any atom is 0.409 e. The molecule has 3 aliphatic rings. The summed E-state index contributed by atoms with van der Waals surface area (Å²) >= 11 is 0. The van der Waals surface area contributed by atoms with Crippen LogP contribution in [0.15, 0.2) is 18.2 Å². The molecule has 1 aliphatic carbocycles. The van der Waals surface area contributed by atoms with Crippen molar-refractivity contribution < 1.29 is 19.1 Å². The number of rotatable bonds is 5. The van der Waals surface area contributed by atoms with E-state index < -0.39 is 0 Å². The molecule has 0 spiro atoms. The van der Waals surface area contributed by atoms with E-state index in [9.17, 15) is 14.4 Å². The van der Waals surface area contributed by atoms with E-state index in [-0.39, 0.29) is 23.8 Å². The van der Waals surface area contributed by atoms with E-state index in [1.165, 1.54) is 31.2 Å². The Hall–Kier alpha value is -2.90. The molecule has 8 nitrogen and oxygen atoms in total. The van der Waals surface area contributed by atoms with Crippen molar-refractivity contribution in [3.8, 4) is 0 Å². The number of imide groups is 1. The number of nitrogens with one attached hydrogen (secondary N) is 1. The highest BCUT2D eigenvalue weighted by Crippen LogP contribution is 2.39.